The molecule has 1 atom stereocenters. The van der Waals surface area contributed by atoms with E-state index in [1.54, 1.807) is 12.1 Å². The van der Waals surface area contributed by atoms with Crippen LogP contribution in [0.15, 0.2) is 58.4 Å². The van der Waals surface area contributed by atoms with Crippen molar-refractivity contribution in [3.8, 4) is 11.5 Å². The Bertz CT molecular complexity index is 1400. The number of morpholine rings is 1. The van der Waals surface area contributed by atoms with Gasteiger partial charge in [-0.25, -0.2) is 8.42 Å². The number of carbonyl (C=O) groups is 1. The number of nitrogens with zero attached hydrogens (tertiary/aromatic N) is 1. The number of sulfonamides is 1. The molecule has 2 aromatic carbocycles. The first-order valence-corrected chi connectivity index (χ1v) is 12.3. The molecule has 0 saturated carbocycles. The van der Waals surface area contributed by atoms with Gasteiger partial charge in [-0.15, -0.1) is 0 Å². The molecule has 0 bridgehead atoms. The van der Waals surface area contributed by atoms with Gasteiger partial charge in [-0.3, -0.25) is 9.59 Å². The van der Waals surface area contributed by atoms with Gasteiger partial charge < -0.3 is 24.5 Å². The summed E-state index contributed by atoms with van der Waals surface area (Å²) in [5, 5.41) is 2.82. The van der Waals surface area contributed by atoms with Gasteiger partial charge in [0.15, 0.2) is 11.5 Å². The number of ether oxygens (including phenoxy) is 3. The van der Waals surface area contributed by atoms with Gasteiger partial charge in [-0.05, 0) is 30.3 Å². The summed E-state index contributed by atoms with van der Waals surface area (Å²) in [6.45, 7) is 1.52. The van der Waals surface area contributed by atoms with Crippen molar-refractivity contribution in [3.63, 3.8) is 0 Å². The topological polar surface area (TPSA) is 127 Å². The first-order chi connectivity index (χ1) is 16.4. The summed E-state index contributed by atoms with van der Waals surface area (Å²) in [4.78, 5) is 28.7. The summed E-state index contributed by atoms with van der Waals surface area (Å²) in [7, 11) is -3.78. The molecule has 34 heavy (non-hydrogen) atoms. The fourth-order valence-corrected chi connectivity index (χ4v) is 5.36. The van der Waals surface area contributed by atoms with Crippen LogP contribution in [0.3, 0.4) is 0 Å². The van der Waals surface area contributed by atoms with Crippen LogP contribution in [0.1, 0.15) is 10.4 Å². The third-order valence-corrected chi connectivity index (χ3v) is 7.66. The highest BCUT2D eigenvalue weighted by atomic mass is 32.2. The second-order valence-corrected chi connectivity index (χ2v) is 9.90. The van der Waals surface area contributed by atoms with Crippen LogP contribution < -0.4 is 20.2 Å². The van der Waals surface area contributed by atoms with Crippen LogP contribution in [0.4, 0.5) is 0 Å². The fraction of sp³-hybridized carbons (Fsp3) is 0.304. The van der Waals surface area contributed by atoms with E-state index in [0.717, 1.165) is 0 Å². The second kappa shape index (κ2) is 9.09. The predicted octanol–water partition coefficient (Wildman–Crippen LogP) is 1.12. The molecule has 0 radical (unpaired) electrons. The molecule has 1 saturated heterocycles. The number of hydrogen-bond acceptors (Lipinski definition) is 7. The van der Waals surface area contributed by atoms with Gasteiger partial charge in [0.1, 0.15) is 18.3 Å². The Kier molecular flexibility index (Phi) is 5.98. The Balaban J connectivity index is 1.35. The van der Waals surface area contributed by atoms with Crippen molar-refractivity contribution in [2.24, 2.45) is 0 Å². The molecule has 5 rings (SSSR count). The van der Waals surface area contributed by atoms with Crippen LogP contribution in [-0.4, -0.2) is 69.2 Å². The minimum absolute atomic E-state index is 0.00335. The van der Waals surface area contributed by atoms with Crippen molar-refractivity contribution in [2.45, 2.75) is 11.0 Å². The molecule has 178 valence electrons. The van der Waals surface area contributed by atoms with Crippen molar-refractivity contribution in [2.75, 3.05) is 39.5 Å². The van der Waals surface area contributed by atoms with Crippen molar-refractivity contribution in [1.29, 1.82) is 0 Å². The number of carbonyl (C=O) groups excluding carboxylic acids is 1. The number of benzene rings is 2. The highest BCUT2D eigenvalue weighted by Gasteiger charge is 2.27. The van der Waals surface area contributed by atoms with Crippen LogP contribution in [0.2, 0.25) is 0 Å². The third-order valence-electron chi connectivity index (χ3n) is 5.76. The van der Waals surface area contributed by atoms with E-state index in [1.165, 1.54) is 28.7 Å². The maximum absolute atomic E-state index is 13.1. The number of aromatic amines is 1. The average molecular weight is 486 g/mol. The van der Waals surface area contributed by atoms with Crippen molar-refractivity contribution in [3.05, 3.63) is 64.4 Å². The quantitative estimate of drug-likeness (QED) is 0.554. The smallest absolute Gasteiger partial charge is 0.256 e. The highest BCUT2D eigenvalue weighted by molar-refractivity contribution is 7.89. The highest BCUT2D eigenvalue weighted by Crippen LogP contribution is 2.30. The lowest BCUT2D eigenvalue weighted by molar-refractivity contribution is 0.0730. The Morgan fingerprint density at radius 2 is 1.88 bits per heavy atom. The summed E-state index contributed by atoms with van der Waals surface area (Å²) in [6, 6.07) is 11.5. The number of fused-ring (bicyclic) bond motifs is 2. The zero-order valence-corrected chi connectivity index (χ0v) is 19.0. The Morgan fingerprint density at radius 1 is 1.12 bits per heavy atom. The lowest BCUT2D eigenvalue weighted by Crippen LogP contribution is -2.41. The number of aromatic nitrogens is 1. The Morgan fingerprint density at radius 3 is 2.68 bits per heavy atom. The Hall–Kier alpha value is -3.41. The largest absolute Gasteiger partial charge is 0.486 e. The van der Waals surface area contributed by atoms with E-state index in [0.29, 0.717) is 30.2 Å². The molecular weight excluding hydrogens is 462 g/mol. The number of para-hydroxylation sites is 2. The number of amides is 1. The third kappa shape index (κ3) is 4.25. The van der Waals surface area contributed by atoms with Crippen molar-refractivity contribution < 1.29 is 27.4 Å². The van der Waals surface area contributed by atoms with Gasteiger partial charge in [0.2, 0.25) is 15.5 Å². The van der Waals surface area contributed by atoms with E-state index in [4.69, 9.17) is 14.2 Å². The van der Waals surface area contributed by atoms with Crippen LogP contribution >= 0.6 is 0 Å². The summed E-state index contributed by atoms with van der Waals surface area (Å²) >= 11 is 0. The van der Waals surface area contributed by atoms with E-state index < -0.39 is 27.5 Å². The molecule has 1 aromatic heterocycles. The molecule has 1 fully saturated rings. The molecule has 10 nitrogen and oxygen atoms in total. The zero-order chi connectivity index (χ0) is 23.7. The van der Waals surface area contributed by atoms with Gasteiger partial charge in [0.05, 0.1) is 24.7 Å². The molecule has 3 heterocycles. The molecule has 0 aliphatic carbocycles. The van der Waals surface area contributed by atoms with Gasteiger partial charge in [-0.1, -0.05) is 12.1 Å². The molecule has 1 amide bonds. The van der Waals surface area contributed by atoms with Gasteiger partial charge >= 0.3 is 0 Å². The molecule has 3 aromatic rings. The number of hydrogen-bond donors (Lipinski definition) is 2. The van der Waals surface area contributed by atoms with E-state index in [1.807, 2.05) is 12.1 Å². The van der Waals surface area contributed by atoms with E-state index in [-0.39, 0.29) is 42.1 Å². The standard InChI is InChI=1S/C23H23N3O7S/c27-22-17-11-16(34(29,30)26-7-9-31-10-8-26)5-6-19(17)24-13-18(22)23(28)25-12-15-14-32-20-3-1-2-4-21(20)33-15/h1-6,11,13,15H,7-10,12,14H2,(H,24,27)(H,25,28)/t15-/m1/s1. The second-order valence-electron chi connectivity index (χ2n) is 7.96. The first-order valence-electron chi connectivity index (χ1n) is 10.8. The molecule has 11 heteroatoms. The average Bonchev–Trinajstić information content (AvgIpc) is 2.87. The number of H-pyrrole nitrogens is 1. The zero-order valence-electron chi connectivity index (χ0n) is 18.2. The number of rotatable bonds is 5. The molecular formula is C23H23N3O7S. The lowest BCUT2D eigenvalue weighted by atomic mass is 10.1. The summed E-state index contributed by atoms with van der Waals surface area (Å²) in [5.41, 5.74) is -0.245. The van der Waals surface area contributed by atoms with Gasteiger partial charge in [0.25, 0.3) is 5.91 Å². The minimum atomic E-state index is -3.78. The lowest BCUT2D eigenvalue weighted by Gasteiger charge is -2.26. The van der Waals surface area contributed by atoms with Crippen LogP contribution in [0.5, 0.6) is 11.5 Å². The maximum atomic E-state index is 13.1. The number of pyridine rings is 1. The Labute approximate surface area is 195 Å². The van der Waals surface area contributed by atoms with Crippen LogP contribution in [0.25, 0.3) is 10.9 Å². The van der Waals surface area contributed by atoms with Crippen LogP contribution in [0, 0.1) is 0 Å². The molecule has 2 N–H and O–H groups in total. The SMILES string of the molecule is O=C(NC[C@@H]1COc2ccccc2O1)c1c[nH]c2ccc(S(=O)(=O)N3CCOCC3)cc2c1=O. The maximum Gasteiger partial charge on any atom is 0.256 e. The van der Waals surface area contributed by atoms with Crippen LogP contribution in [-0.2, 0) is 14.8 Å². The normalized spacial score (nSPS) is 18.5. The van der Waals surface area contributed by atoms with Gasteiger partial charge in [-0.2, -0.15) is 4.31 Å². The fourth-order valence-electron chi connectivity index (χ4n) is 3.93. The number of nitrogens with one attached hydrogen (secondary N) is 2. The molecule has 2 aliphatic heterocycles. The summed E-state index contributed by atoms with van der Waals surface area (Å²) < 4.78 is 44.0. The summed E-state index contributed by atoms with van der Waals surface area (Å²) in [5.74, 6) is 0.636. The van der Waals surface area contributed by atoms with E-state index in [2.05, 4.69) is 10.3 Å². The minimum Gasteiger partial charge on any atom is -0.486 e. The van der Waals surface area contributed by atoms with Crippen molar-refractivity contribution in [1.82, 2.24) is 14.6 Å². The van der Waals surface area contributed by atoms with Gasteiger partial charge in [0, 0.05) is 30.2 Å². The van der Waals surface area contributed by atoms with E-state index in [9.17, 15) is 18.0 Å². The monoisotopic (exact) mass is 485 g/mol. The molecule has 2 aliphatic rings. The first kappa shape index (κ1) is 22.4. The summed E-state index contributed by atoms with van der Waals surface area (Å²) in [6.07, 6.45) is 0.910. The molecule has 0 spiro atoms. The van der Waals surface area contributed by atoms with E-state index >= 15 is 0 Å². The molecule has 0 unspecified atom stereocenters. The van der Waals surface area contributed by atoms with Crippen molar-refractivity contribution >= 4 is 26.8 Å². The predicted molar refractivity (Wildman–Crippen MR) is 123 cm³/mol.